The van der Waals surface area contributed by atoms with Crippen molar-refractivity contribution in [3.05, 3.63) is 191 Å². The maximum atomic E-state index is 14.0. The summed E-state index contributed by atoms with van der Waals surface area (Å²) in [5.41, 5.74) is 13.7. The molecule has 1 aliphatic carbocycles. The Bertz CT molecular complexity index is 3450. The third-order valence-corrected chi connectivity index (χ3v) is 12.3. The molecule has 0 fully saturated rings. The van der Waals surface area contributed by atoms with Gasteiger partial charge in [-0.25, -0.2) is 0 Å². The summed E-state index contributed by atoms with van der Waals surface area (Å²) >= 11 is 0. The van der Waals surface area contributed by atoms with Crippen LogP contribution in [-0.2, 0) is 18.8 Å². The number of hydrogen-bond donors (Lipinski definition) is 0. The molecule has 0 radical (unpaired) electrons. The fourth-order valence-electron chi connectivity index (χ4n) is 9.37. The van der Waals surface area contributed by atoms with Crippen LogP contribution in [0.15, 0.2) is 158 Å². The standard InChI is InChI=1S/C53H34F6N2/c1-30-5-3-7-40(21-30)60-50-19-15-35(27-46(50)47-29-39(53(57,58)59)16-20-51(47)60)33-11-13-37-23-36-12-10-32(24-42(36)43(37)25-33)34-14-18-49-45(26-34)44-22-31(2)9-17-48(44)61(49)41-8-4-6-38(28-41)52(54,55)56/h3-22,24-29H,23H2,1-2H3. The molecule has 0 saturated carbocycles. The van der Waals surface area contributed by atoms with Crippen molar-refractivity contribution in [2.75, 3.05) is 0 Å². The van der Waals surface area contributed by atoms with Gasteiger partial charge in [-0.3, -0.25) is 0 Å². The monoisotopic (exact) mass is 812 g/mol. The Morgan fingerprint density at radius 2 is 0.803 bits per heavy atom. The van der Waals surface area contributed by atoms with Crippen LogP contribution < -0.4 is 0 Å². The molecule has 0 atom stereocenters. The summed E-state index contributed by atoms with van der Waals surface area (Å²) in [6.45, 7) is 4.01. The van der Waals surface area contributed by atoms with Crippen molar-refractivity contribution >= 4 is 43.6 Å². The summed E-state index contributed by atoms with van der Waals surface area (Å²) in [5.74, 6) is 0. The van der Waals surface area contributed by atoms with Crippen LogP contribution in [0, 0.1) is 13.8 Å². The van der Waals surface area contributed by atoms with Gasteiger partial charge in [0.15, 0.2) is 0 Å². The van der Waals surface area contributed by atoms with Gasteiger partial charge < -0.3 is 9.13 Å². The van der Waals surface area contributed by atoms with Gasteiger partial charge in [-0.05, 0) is 167 Å². The third kappa shape index (κ3) is 6.03. The van der Waals surface area contributed by atoms with E-state index in [-0.39, 0.29) is 0 Å². The normalized spacial score (nSPS) is 12.9. The van der Waals surface area contributed by atoms with E-state index in [0.717, 1.165) is 101 Å². The topological polar surface area (TPSA) is 9.86 Å². The molecule has 0 bridgehead atoms. The molecular weight excluding hydrogens is 779 g/mol. The number of fused-ring (bicyclic) bond motifs is 9. The lowest BCUT2D eigenvalue weighted by atomic mass is 9.95. The molecule has 2 nitrogen and oxygen atoms in total. The number of halogens is 6. The van der Waals surface area contributed by atoms with Gasteiger partial charge in [-0.1, -0.05) is 66.2 Å². The Morgan fingerprint density at radius 1 is 0.377 bits per heavy atom. The van der Waals surface area contributed by atoms with Gasteiger partial charge in [0.05, 0.1) is 33.2 Å². The van der Waals surface area contributed by atoms with E-state index >= 15 is 0 Å². The van der Waals surface area contributed by atoms with Crippen molar-refractivity contribution in [3.8, 4) is 44.8 Å². The van der Waals surface area contributed by atoms with E-state index in [4.69, 9.17) is 0 Å². The number of aryl methyl sites for hydroxylation is 2. The number of rotatable bonds is 4. The summed E-state index contributed by atoms with van der Waals surface area (Å²) in [7, 11) is 0. The lowest BCUT2D eigenvalue weighted by Gasteiger charge is -2.12. The quantitative estimate of drug-likeness (QED) is 0.157. The van der Waals surface area contributed by atoms with Crippen LogP contribution in [0.2, 0.25) is 0 Å². The van der Waals surface area contributed by atoms with Crippen LogP contribution in [0.25, 0.3) is 88.4 Å². The van der Waals surface area contributed by atoms with Crippen molar-refractivity contribution in [1.29, 1.82) is 0 Å². The molecule has 10 aromatic rings. The Morgan fingerprint density at radius 3 is 1.36 bits per heavy atom. The zero-order valence-electron chi connectivity index (χ0n) is 32.9. The molecular formula is C53H34F6N2. The van der Waals surface area contributed by atoms with Gasteiger partial charge >= 0.3 is 12.4 Å². The van der Waals surface area contributed by atoms with E-state index in [1.54, 1.807) is 12.1 Å². The van der Waals surface area contributed by atoms with Crippen molar-refractivity contribution in [1.82, 2.24) is 9.13 Å². The van der Waals surface area contributed by atoms with Crippen LogP contribution in [-0.4, -0.2) is 9.13 Å². The predicted molar refractivity (Wildman–Crippen MR) is 234 cm³/mol. The van der Waals surface area contributed by atoms with Crippen molar-refractivity contribution in [2.45, 2.75) is 32.6 Å². The van der Waals surface area contributed by atoms with Crippen LogP contribution in [0.3, 0.4) is 0 Å². The lowest BCUT2D eigenvalue weighted by Crippen LogP contribution is -2.06. The van der Waals surface area contributed by atoms with Gasteiger partial charge in [0.2, 0.25) is 0 Å². The second-order valence-electron chi connectivity index (χ2n) is 16.2. The molecule has 2 aromatic heterocycles. The molecule has 1 aliphatic rings. The summed E-state index contributed by atoms with van der Waals surface area (Å²) in [4.78, 5) is 0. The first-order valence-corrected chi connectivity index (χ1v) is 20.0. The summed E-state index contributed by atoms with van der Waals surface area (Å²) in [6.07, 6.45) is -8.17. The van der Waals surface area contributed by atoms with Gasteiger partial charge in [0, 0.05) is 32.9 Å². The molecule has 298 valence electrons. The van der Waals surface area contributed by atoms with Crippen molar-refractivity contribution in [3.63, 3.8) is 0 Å². The lowest BCUT2D eigenvalue weighted by molar-refractivity contribution is -0.138. The first-order valence-electron chi connectivity index (χ1n) is 20.0. The first kappa shape index (κ1) is 37.0. The maximum absolute atomic E-state index is 14.0. The van der Waals surface area contributed by atoms with E-state index in [2.05, 4.69) is 48.5 Å². The smallest absolute Gasteiger partial charge is 0.309 e. The molecule has 2 heterocycles. The molecule has 8 aromatic carbocycles. The first-order chi connectivity index (χ1) is 29.3. The van der Waals surface area contributed by atoms with Crippen molar-refractivity contribution < 1.29 is 26.3 Å². The Labute approximate surface area is 346 Å². The third-order valence-electron chi connectivity index (χ3n) is 12.3. The molecule has 11 rings (SSSR count). The van der Waals surface area contributed by atoms with Gasteiger partial charge in [0.25, 0.3) is 0 Å². The maximum Gasteiger partial charge on any atom is 0.416 e. The zero-order chi connectivity index (χ0) is 41.9. The number of hydrogen-bond acceptors (Lipinski definition) is 0. The molecule has 61 heavy (non-hydrogen) atoms. The van der Waals surface area contributed by atoms with E-state index in [1.165, 1.54) is 29.3 Å². The molecule has 0 saturated heterocycles. The van der Waals surface area contributed by atoms with E-state index in [0.29, 0.717) is 16.6 Å². The van der Waals surface area contributed by atoms with Gasteiger partial charge in [-0.15, -0.1) is 0 Å². The molecule has 0 spiro atoms. The SMILES string of the molecule is Cc1cccc(-n2c3ccc(-c4ccc5c(c4)-c4cc(-c6ccc7c(c6)c6cc(C)ccc6n7-c6cccc(C(F)(F)F)c6)ccc4C5)cc3c3cc(C(F)(F)F)ccc32)c1. The summed E-state index contributed by atoms with van der Waals surface area (Å²) < 4.78 is 87.5. The highest BCUT2D eigenvalue weighted by atomic mass is 19.4. The fraction of sp³-hybridized carbons (Fsp3) is 0.0943. The molecule has 8 heteroatoms. The highest BCUT2D eigenvalue weighted by Gasteiger charge is 2.32. The molecule has 0 unspecified atom stereocenters. The minimum atomic E-state index is -4.48. The highest BCUT2D eigenvalue weighted by molar-refractivity contribution is 6.12. The van der Waals surface area contributed by atoms with Gasteiger partial charge in [0.1, 0.15) is 0 Å². The summed E-state index contributed by atoms with van der Waals surface area (Å²) in [6, 6.07) is 48.5. The second kappa shape index (κ2) is 13.2. The second-order valence-corrected chi connectivity index (χ2v) is 16.2. The molecule has 0 amide bonds. The minimum absolute atomic E-state index is 0.443. The average Bonchev–Trinajstić information content (AvgIpc) is 3.89. The van der Waals surface area contributed by atoms with E-state index < -0.39 is 23.5 Å². The molecule has 0 N–H and O–H groups in total. The zero-order valence-corrected chi connectivity index (χ0v) is 32.9. The van der Waals surface area contributed by atoms with Crippen LogP contribution in [0.1, 0.15) is 33.4 Å². The number of nitrogens with zero attached hydrogens (tertiary/aromatic N) is 2. The fourth-order valence-corrected chi connectivity index (χ4v) is 9.37. The Hall–Kier alpha value is -7.06. The number of aromatic nitrogens is 2. The Balaban J connectivity index is 1.01. The van der Waals surface area contributed by atoms with Crippen molar-refractivity contribution in [2.24, 2.45) is 0 Å². The summed E-state index contributed by atoms with van der Waals surface area (Å²) in [5, 5.41) is 3.18. The van der Waals surface area contributed by atoms with E-state index in [1.807, 2.05) is 89.7 Å². The van der Waals surface area contributed by atoms with E-state index in [9.17, 15) is 26.3 Å². The van der Waals surface area contributed by atoms with Crippen LogP contribution >= 0.6 is 0 Å². The van der Waals surface area contributed by atoms with Crippen LogP contribution in [0.4, 0.5) is 26.3 Å². The Kier molecular flexibility index (Phi) is 8.01. The number of benzene rings is 8. The van der Waals surface area contributed by atoms with Gasteiger partial charge in [-0.2, -0.15) is 26.3 Å². The molecule has 0 aliphatic heterocycles. The average molecular weight is 813 g/mol. The van der Waals surface area contributed by atoms with Crippen LogP contribution in [0.5, 0.6) is 0 Å². The predicted octanol–water partition coefficient (Wildman–Crippen LogP) is 15.4. The largest absolute Gasteiger partial charge is 0.416 e. The highest BCUT2D eigenvalue weighted by Crippen LogP contribution is 2.44. The number of alkyl halides is 6. The minimum Gasteiger partial charge on any atom is -0.309 e.